The van der Waals surface area contributed by atoms with Crippen LogP contribution in [0.15, 0.2) is 42.5 Å². The van der Waals surface area contributed by atoms with Crippen LogP contribution in [0.3, 0.4) is 0 Å². The Morgan fingerprint density at radius 2 is 1.78 bits per heavy atom. The van der Waals surface area contributed by atoms with Gasteiger partial charge in [0, 0.05) is 0 Å². The molecule has 0 radical (unpaired) electrons. The first-order valence-corrected chi connectivity index (χ1v) is 8.56. The Balaban J connectivity index is 2.16. The molecule has 2 aromatic rings. The van der Waals surface area contributed by atoms with Crippen LogP contribution in [0.25, 0.3) is 11.1 Å². The molecule has 0 saturated heterocycles. The van der Waals surface area contributed by atoms with Crippen LogP contribution >= 0.6 is 0 Å². The first-order valence-electron chi connectivity index (χ1n) is 6.76. The van der Waals surface area contributed by atoms with Gasteiger partial charge in [-0.2, -0.15) is 0 Å². The molecule has 0 aliphatic heterocycles. The molecule has 1 heteroatoms. The molecule has 0 aromatic heterocycles. The van der Waals surface area contributed by atoms with Gasteiger partial charge in [-0.25, -0.2) is 0 Å². The molecule has 0 bridgehead atoms. The third-order valence-corrected chi connectivity index (χ3v) is 5.49. The van der Waals surface area contributed by atoms with Gasteiger partial charge in [-0.3, -0.25) is 0 Å². The van der Waals surface area contributed by atoms with E-state index in [1.807, 2.05) is 0 Å². The zero-order valence-corrected chi connectivity index (χ0v) is 14.3. The van der Waals surface area contributed by atoms with E-state index in [1.54, 1.807) is 14.4 Å². The van der Waals surface area contributed by atoms with E-state index < -0.39 is 0 Å². The zero-order chi connectivity index (χ0) is 12.5. The maximum absolute atomic E-state index is 2.33. The van der Waals surface area contributed by atoms with Gasteiger partial charge in [0.15, 0.2) is 0 Å². The predicted molar refractivity (Wildman–Crippen MR) is 72.9 cm³/mol. The van der Waals surface area contributed by atoms with Crippen LogP contribution in [0.2, 0.25) is 0 Å². The summed E-state index contributed by atoms with van der Waals surface area (Å²) < 4.78 is 1.59. The van der Waals surface area contributed by atoms with E-state index in [0.717, 1.165) is 24.4 Å². The van der Waals surface area contributed by atoms with Crippen LogP contribution in [0.1, 0.15) is 43.2 Å². The first-order chi connectivity index (χ1) is 8.83. The molecule has 2 aromatic carbocycles. The monoisotopic (exact) mass is 401 g/mol. The van der Waals surface area contributed by atoms with Crippen molar-refractivity contribution in [3.63, 3.8) is 0 Å². The van der Waals surface area contributed by atoms with Crippen molar-refractivity contribution in [3.8, 4) is 11.1 Å². The summed E-state index contributed by atoms with van der Waals surface area (Å²) in [5.41, 5.74) is 6.17. The third kappa shape index (κ3) is 1.93. The van der Waals surface area contributed by atoms with Crippen LogP contribution in [0.4, 0.5) is 0 Å². The van der Waals surface area contributed by atoms with Gasteiger partial charge in [0.1, 0.15) is 0 Å². The van der Waals surface area contributed by atoms with Gasteiger partial charge in [0.2, 0.25) is 0 Å². The molecule has 18 heavy (non-hydrogen) atoms. The molecule has 1 unspecified atom stereocenters. The van der Waals surface area contributed by atoms with E-state index in [9.17, 15) is 0 Å². The third-order valence-electron chi connectivity index (χ3n) is 3.93. The van der Waals surface area contributed by atoms with Gasteiger partial charge >= 0.3 is 125 Å². The molecule has 0 amide bonds. The van der Waals surface area contributed by atoms with Crippen molar-refractivity contribution in [1.82, 2.24) is 0 Å². The second-order valence-corrected chi connectivity index (χ2v) is 6.98. The van der Waals surface area contributed by atoms with Crippen LogP contribution in [-0.2, 0) is 24.4 Å². The molecule has 0 heterocycles. The van der Waals surface area contributed by atoms with Crippen molar-refractivity contribution in [2.75, 3.05) is 0 Å². The standard InChI is InChI=1S/C17H17.Hf/c1-2-3-8-13-14-9-4-6-11-16(14)17-12-7-5-10-15(13)17;/h4-7,9,11-13H,2-3,8H2,1H3;. The van der Waals surface area contributed by atoms with Gasteiger partial charge in [-0.05, 0) is 0 Å². The second-order valence-electron chi connectivity index (χ2n) is 5.05. The fraction of sp³-hybridized carbons (Fsp3) is 0.294. The minimum absolute atomic E-state index is 0.657. The first kappa shape index (κ1) is 12.3. The van der Waals surface area contributed by atoms with Crippen LogP contribution in [0.5, 0.6) is 0 Å². The van der Waals surface area contributed by atoms with Gasteiger partial charge in [-0.1, -0.05) is 0 Å². The molecule has 1 aliphatic carbocycles. The summed E-state index contributed by atoms with van der Waals surface area (Å²) in [6, 6.07) is 15.8. The maximum atomic E-state index is 2.33. The van der Waals surface area contributed by atoms with Crippen molar-refractivity contribution >= 4 is 3.32 Å². The predicted octanol–water partition coefficient (Wildman–Crippen LogP) is 4.16. The van der Waals surface area contributed by atoms with Crippen molar-refractivity contribution in [2.45, 2.75) is 32.1 Å². The Morgan fingerprint density at radius 1 is 1.00 bits per heavy atom. The Morgan fingerprint density at radius 3 is 2.61 bits per heavy atom. The summed E-state index contributed by atoms with van der Waals surface area (Å²) in [5, 5.41) is 0. The number of hydrogen-bond donors (Lipinski definition) is 0. The van der Waals surface area contributed by atoms with Crippen LogP contribution in [0, 0.1) is 0 Å². The molecule has 0 spiro atoms. The van der Waals surface area contributed by atoms with Crippen LogP contribution in [-0.4, -0.2) is 0 Å². The number of benzene rings is 2. The number of unbranched alkanes of at least 4 members (excludes halogenated alkanes) is 1. The van der Waals surface area contributed by atoms with Crippen molar-refractivity contribution in [1.29, 1.82) is 0 Å². The Labute approximate surface area is 124 Å². The van der Waals surface area contributed by atoms with E-state index in [4.69, 9.17) is 0 Å². The van der Waals surface area contributed by atoms with Crippen LogP contribution < -0.4 is 3.32 Å². The zero-order valence-electron chi connectivity index (χ0n) is 10.7. The molecule has 89 valence electrons. The fourth-order valence-corrected chi connectivity index (χ4v) is 4.54. The number of hydrogen-bond acceptors (Lipinski definition) is 0. The molecule has 0 nitrogen and oxygen atoms in total. The molecule has 3 rings (SSSR count). The summed E-state index contributed by atoms with van der Waals surface area (Å²) in [6.07, 6.45) is 3.92. The molecule has 0 N–H and O–H groups in total. The number of fused-ring (bicyclic) bond motifs is 3. The average Bonchev–Trinajstić information content (AvgIpc) is 2.72. The molecule has 0 fully saturated rings. The summed E-state index contributed by atoms with van der Waals surface area (Å²) in [6.45, 7) is 2.29. The normalized spacial score (nSPS) is 16.3. The minimum atomic E-state index is 0.657. The summed E-state index contributed by atoms with van der Waals surface area (Å²) in [5.74, 6) is 0.657. The SMILES string of the molecule is CCCCC1c2ccccc2-c2ccc[c]([Hf])c21. The Bertz CT molecular complexity index is 572. The molecule has 0 saturated carbocycles. The van der Waals surface area contributed by atoms with Crippen molar-refractivity contribution in [3.05, 3.63) is 53.6 Å². The van der Waals surface area contributed by atoms with Crippen molar-refractivity contribution < 1.29 is 24.4 Å². The van der Waals surface area contributed by atoms with E-state index in [0.29, 0.717) is 5.92 Å². The Kier molecular flexibility index (Phi) is 3.52. The quantitative estimate of drug-likeness (QED) is 0.680. The van der Waals surface area contributed by atoms with E-state index in [1.165, 1.54) is 30.4 Å². The topological polar surface area (TPSA) is 0 Å². The van der Waals surface area contributed by atoms with Gasteiger partial charge < -0.3 is 0 Å². The Hall–Kier alpha value is -0.690. The van der Waals surface area contributed by atoms with E-state index >= 15 is 0 Å². The summed E-state index contributed by atoms with van der Waals surface area (Å²) in [7, 11) is 0. The second kappa shape index (κ2) is 5.13. The average molecular weight is 400 g/mol. The van der Waals surface area contributed by atoms with Crippen molar-refractivity contribution in [2.24, 2.45) is 0 Å². The molecule has 1 aliphatic rings. The van der Waals surface area contributed by atoms with Gasteiger partial charge in [0.25, 0.3) is 0 Å². The van der Waals surface area contributed by atoms with Gasteiger partial charge in [0.05, 0.1) is 0 Å². The van der Waals surface area contributed by atoms with Gasteiger partial charge in [-0.15, -0.1) is 0 Å². The molecular weight excluding hydrogens is 383 g/mol. The molecular formula is C17H17Hf. The molecule has 1 atom stereocenters. The summed E-state index contributed by atoms with van der Waals surface area (Å²) >= 11 is 1.15. The van der Waals surface area contributed by atoms with E-state index in [-0.39, 0.29) is 0 Å². The fourth-order valence-electron chi connectivity index (χ4n) is 3.09. The summed E-state index contributed by atoms with van der Waals surface area (Å²) in [4.78, 5) is 0. The number of rotatable bonds is 3. The van der Waals surface area contributed by atoms with E-state index in [2.05, 4.69) is 49.4 Å².